The number of hydrogen-bond donors (Lipinski definition) is 0. The molecule has 0 spiro atoms. The van der Waals surface area contributed by atoms with E-state index >= 15 is 0 Å². The molecule has 3 aromatic rings. The molecule has 0 saturated carbocycles. The Bertz CT molecular complexity index is 906. The number of nitro benzene ring substituents is 1. The normalized spacial score (nSPS) is 10.6. The van der Waals surface area contributed by atoms with Gasteiger partial charge in [-0.1, -0.05) is 0 Å². The summed E-state index contributed by atoms with van der Waals surface area (Å²) >= 11 is 0. The third kappa shape index (κ3) is 3.55. The summed E-state index contributed by atoms with van der Waals surface area (Å²) in [5, 5.41) is 14.7. The number of anilines is 1. The number of carbonyl (C=O) groups excluding carboxylic acids is 1. The van der Waals surface area contributed by atoms with Gasteiger partial charge >= 0.3 is 5.97 Å². The molecule has 0 amide bonds. The molecule has 0 saturated heterocycles. The quantitative estimate of drug-likeness (QED) is 0.383. The summed E-state index contributed by atoms with van der Waals surface area (Å²) in [5.41, 5.74) is 1.57. The van der Waals surface area contributed by atoms with Crippen LogP contribution >= 0.6 is 0 Å². The summed E-state index contributed by atoms with van der Waals surface area (Å²) < 4.78 is 6.77. The number of nitrogens with zero attached hydrogens (tertiary/aromatic N) is 5. The largest absolute Gasteiger partial charge is 0.460 e. The predicted octanol–water partition coefficient (Wildman–Crippen LogP) is 1.93. The molecule has 9 nitrogen and oxygen atoms in total. The maximum atomic E-state index is 12.1. The van der Waals surface area contributed by atoms with Crippen LogP contribution in [0.1, 0.15) is 10.4 Å². The van der Waals surface area contributed by atoms with Gasteiger partial charge < -0.3 is 9.64 Å². The fourth-order valence-electron chi connectivity index (χ4n) is 2.28. The van der Waals surface area contributed by atoms with Crippen molar-refractivity contribution in [1.29, 1.82) is 0 Å². The van der Waals surface area contributed by atoms with Crippen LogP contribution in [0.3, 0.4) is 0 Å². The molecule has 3 rings (SSSR count). The average Bonchev–Trinajstić information content (AvgIpc) is 3.05. The molecule has 2 heterocycles. The lowest BCUT2D eigenvalue weighted by molar-refractivity contribution is -0.384. The highest BCUT2D eigenvalue weighted by atomic mass is 16.6. The van der Waals surface area contributed by atoms with E-state index in [0.717, 1.165) is 5.69 Å². The fraction of sp³-hybridized carbons (Fsp3) is 0.188. The van der Waals surface area contributed by atoms with E-state index in [4.69, 9.17) is 4.74 Å². The number of fused-ring (bicyclic) bond motifs is 1. The first-order chi connectivity index (χ1) is 12.1. The van der Waals surface area contributed by atoms with E-state index < -0.39 is 10.9 Å². The van der Waals surface area contributed by atoms with Crippen molar-refractivity contribution in [3.63, 3.8) is 0 Å². The number of carbonyl (C=O) groups is 1. The first kappa shape index (κ1) is 16.4. The van der Waals surface area contributed by atoms with E-state index in [1.807, 2.05) is 11.9 Å². The molecule has 0 atom stereocenters. The molecule has 9 heteroatoms. The van der Waals surface area contributed by atoms with Crippen LogP contribution in [0, 0.1) is 10.1 Å². The number of hydrogen-bond acceptors (Lipinski definition) is 7. The van der Waals surface area contributed by atoms with Crippen molar-refractivity contribution in [2.45, 2.75) is 0 Å². The molecule has 128 valence electrons. The summed E-state index contributed by atoms with van der Waals surface area (Å²) in [7, 11) is 1.81. The second-order valence-electron chi connectivity index (χ2n) is 5.28. The highest BCUT2D eigenvalue weighted by Gasteiger charge is 2.15. The SMILES string of the molecule is CN(CCOC(=O)c1cnn2cccnc12)c1ccc([N+](=O)[O-])cc1. The Morgan fingerprint density at radius 2 is 2.12 bits per heavy atom. The van der Waals surface area contributed by atoms with Crippen molar-refractivity contribution < 1.29 is 14.5 Å². The minimum atomic E-state index is -0.495. The van der Waals surface area contributed by atoms with Gasteiger partial charge in [-0.25, -0.2) is 14.3 Å². The van der Waals surface area contributed by atoms with Crippen LogP contribution in [0.15, 0.2) is 48.9 Å². The molecule has 0 fully saturated rings. The minimum Gasteiger partial charge on any atom is -0.460 e. The van der Waals surface area contributed by atoms with Crippen molar-refractivity contribution in [2.24, 2.45) is 0 Å². The van der Waals surface area contributed by atoms with Gasteiger partial charge in [-0.2, -0.15) is 5.10 Å². The maximum absolute atomic E-state index is 12.1. The Morgan fingerprint density at radius 1 is 1.36 bits per heavy atom. The number of aromatic nitrogens is 3. The van der Waals surface area contributed by atoms with E-state index in [1.165, 1.54) is 22.8 Å². The molecule has 25 heavy (non-hydrogen) atoms. The van der Waals surface area contributed by atoms with Gasteiger partial charge in [-0.15, -0.1) is 0 Å². The zero-order valence-corrected chi connectivity index (χ0v) is 13.4. The molecule has 0 unspecified atom stereocenters. The highest BCUT2D eigenvalue weighted by Crippen LogP contribution is 2.18. The zero-order chi connectivity index (χ0) is 17.8. The smallest absolute Gasteiger partial charge is 0.343 e. The monoisotopic (exact) mass is 341 g/mol. The molecule has 0 aliphatic carbocycles. The number of ether oxygens (including phenoxy) is 1. The molecule has 2 aromatic heterocycles. The fourth-order valence-corrected chi connectivity index (χ4v) is 2.28. The summed E-state index contributed by atoms with van der Waals surface area (Å²) in [5.74, 6) is -0.495. The Kier molecular flexibility index (Phi) is 4.55. The number of nitro groups is 1. The maximum Gasteiger partial charge on any atom is 0.343 e. The molecule has 0 aliphatic heterocycles. The van der Waals surface area contributed by atoms with E-state index in [1.54, 1.807) is 30.6 Å². The van der Waals surface area contributed by atoms with Crippen LogP contribution in [0.25, 0.3) is 5.65 Å². The lowest BCUT2D eigenvalue weighted by Crippen LogP contribution is -2.23. The molecular weight excluding hydrogens is 326 g/mol. The van der Waals surface area contributed by atoms with Crippen molar-refractivity contribution in [3.8, 4) is 0 Å². The predicted molar refractivity (Wildman–Crippen MR) is 89.6 cm³/mol. The van der Waals surface area contributed by atoms with Crippen molar-refractivity contribution in [1.82, 2.24) is 14.6 Å². The average molecular weight is 341 g/mol. The third-order valence-electron chi connectivity index (χ3n) is 3.66. The number of rotatable bonds is 6. The van der Waals surface area contributed by atoms with Crippen molar-refractivity contribution in [3.05, 3.63) is 64.6 Å². The molecule has 0 radical (unpaired) electrons. The molecular formula is C16H15N5O4. The van der Waals surface area contributed by atoms with Crippen LogP contribution in [-0.4, -0.2) is 45.7 Å². The molecule has 0 N–H and O–H groups in total. The summed E-state index contributed by atoms with van der Waals surface area (Å²) in [6.07, 6.45) is 4.70. The Labute approximate surface area is 142 Å². The summed E-state index contributed by atoms with van der Waals surface area (Å²) in [4.78, 5) is 28.3. The van der Waals surface area contributed by atoms with Gasteiger partial charge in [0.25, 0.3) is 5.69 Å². The molecule has 1 aromatic carbocycles. The van der Waals surface area contributed by atoms with Gasteiger partial charge in [0.1, 0.15) is 12.2 Å². The van der Waals surface area contributed by atoms with Gasteiger partial charge in [0, 0.05) is 37.3 Å². The van der Waals surface area contributed by atoms with Crippen LogP contribution < -0.4 is 4.90 Å². The third-order valence-corrected chi connectivity index (χ3v) is 3.66. The summed E-state index contributed by atoms with van der Waals surface area (Å²) in [6.45, 7) is 0.604. The Morgan fingerprint density at radius 3 is 2.84 bits per heavy atom. The second-order valence-corrected chi connectivity index (χ2v) is 5.28. The Hall–Kier alpha value is -3.49. The molecule has 0 bridgehead atoms. The number of esters is 1. The van der Waals surface area contributed by atoms with Crippen LogP contribution in [-0.2, 0) is 4.74 Å². The second kappa shape index (κ2) is 6.95. The number of non-ortho nitro benzene ring substituents is 1. The van der Waals surface area contributed by atoms with Crippen LogP contribution in [0.2, 0.25) is 0 Å². The summed E-state index contributed by atoms with van der Waals surface area (Å²) in [6, 6.07) is 7.88. The lowest BCUT2D eigenvalue weighted by atomic mass is 10.2. The minimum absolute atomic E-state index is 0.0316. The van der Waals surface area contributed by atoms with E-state index in [2.05, 4.69) is 10.1 Å². The van der Waals surface area contributed by atoms with Gasteiger partial charge in [0.05, 0.1) is 17.7 Å². The molecule has 0 aliphatic rings. The highest BCUT2D eigenvalue weighted by molar-refractivity contribution is 5.95. The van der Waals surface area contributed by atoms with Crippen molar-refractivity contribution in [2.75, 3.05) is 25.1 Å². The number of benzene rings is 1. The van der Waals surface area contributed by atoms with Crippen LogP contribution in [0.4, 0.5) is 11.4 Å². The van der Waals surface area contributed by atoms with Gasteiger partial charge in [0.2, 0.25) is 0 Å². The van der Waals surface area contributed by atoms with Gasteiger partial charge in [0.15, 0.2) is 5.65 Å². The Balaban J connectivity index is 1.56. The van der Waals surface area contributed by atoms with Gasteiger partial charge in [-0.3, -0.25) is 10.1 Å². The first-order valence-electron chi connectivity index (χ1n) is 7.47. The van der Waals surface area contributed by atoms with E-state index in [-0.39, 0.29) is 12.3 Å². The lowest BCUT2D eigenvalue weighted by Gasteiger charge is -2.18. The zero-order valence-electron chi connectivity index (χ0n) is 13.4. The first-order valence-corrected chi connectivity index (χ1v) is 7.47. The van der Waals surface area contributed by atoms with E-state index in [9.17, 15) is 14.9 Å². The van der Waals surface area contributed by atoms with Crippen LogP contribution in [0.5, 0.6) is 0 Å². The van der Waals surface area contributed by atoms with E-state index in [0.29, 0.717) is 17.8 Å². The topological polar surface area (TPSA) is 103 Å². The number of likely N-dealkylation sites (N-methyl/N-ethyl adjacent to an activating group) is 1. The van der Waals surface area contributed by atoms with Gasteiger partial charge in [-0.05, 0) is 18.2 Å². The van der Waals surface area contributed by atoms with Crippen molar-refractivity contribution >= 4 is 23.0 Å². The standard InChI is InChI=1S/C16H15N5O4/c1-19(12-3-5-13(6-4-12)21(23)24)9-10-25-16(22)14-11-18-20-8-2-7-17-15(14)20/h2-8,11H,9-10H2,1H3.